The van der Waals surface area contributed by atoms with E-state index in [0.29, 0.717) is 17.9 Å². The highest BCUT2D eigenvalue weighted by atomic mass is 32.2. The molecule has 0 amide bonds. The fourth-order valence-electron chi connectivity index (χ4n) is 3.18. The Balaban J connectivity index is 1.83. The summed E-state index contributed by atoms with van der Waals surface area (Å²) in [5, 5.41) is 4.03. The summed E-state index contributed by atoms with van der Waals surface area (Å²) in [6.07, 6.45) is 1.90. The lowest BCUT2D eigenvalue weighted by Crippen LogP contribution is -2.43. The highest BCUT2D eigenvalue weighted by molar-refractivity contribution is 7.99. The molecular weight excluding hydrogens is 376 g/mol. The van der Waals surface area contributed by atoms with E-state index in [1.54, 1.807) is 6.20 Å². The summed E-state index contributed by atoms with van der Waals surface area (Å²) in [6.45, 7) is 8.92. The van der Waals surface area contributed by atoms with E-state index < -0.39 is 0 Å². The summed E-state index contributed by atoms with van der Waals surface area (Å²) in [5.41, 5.74) is 13.9. The zero-order chi connectivity index (χ0) is 20.5. The third kappa shape index (κ3) is 4.71. The van der Waals surface area contributed by atoms with Gasteiger partial charge in [-0.1, -0.05) is 32.5 Å². The molecule has 0 aromatic carbocycles. The lowest BCUT2D eigenvalue weighted by molar-refractivity contribution is -0.138. The third-order valence-electron chi connectivity index (χ3n) is 4.68. The number of nitrogens with two attached hydrogens (primary N) is 2. The van der Waals surface area contributed by atoms with E-state index in [1.165, 1.54) is 11.8 Å². The fourth-order valence-corrected chi connectivity index (χ4v) is 4.42. The van der Waals surface area contributed by atoms with Crippen molar-refractivity contribution < 1.29 is 9.59 Å². The standard InChI is InChI=1S/C19H28N6O2S/c1-19(2,3)10-22-6-7-25-12-4-5-23-17(21)16(12)24-18(25)28-15-9-14(27)13(26)8-11(15)20/h4-5,11,15,22H,6-10,20H2,1-3H3,(H2,21,23). The monoisotopic (exact) mass is 404 g/mol. The van der Waals surface area contributed by atoms with Gasteiger partial charge in [0.2, 0.25) is 0 Å². The quantitative estimate of drug-likeness (QED) is 0.486. The van der Waals surface area contributed by atoms with Gasteiger partial charge in [0, 0.05) is 50.0 Å². The summed E-state index contributed by atoms with van der Waals surface area (Å²) in [6, 6.07) is 1.53. The zero-order valence-corrected chi connectivity index (χ0v) is 17.4. The van der Waals surface area contributed by atoms with Gasteiger partial charge in [-0.2, -0.15) is 0 Å². The second kappa shape index (κ2) is 8.18. The molecule has 0 radical (unpaired) electrons. The summed E-state index contributed by atoms with van der Waals surface area (Å²) in [7, 11) is 0. The SMILES string of the molecule is CC(C)(C)CNCCn1c(SC2CC(=O)C(=O)CC2N)nc2c(N)nccc21. The first-order valence-corrected chi connectivity index (χ1v) is 10.3. The lowest BCUT2D eigenvalue weighted by Gasteiger charge is -2.26. The smallest absolute Gasteiger partial charge is 0.200 e. The molecule has 2 heterocycles. The van der Waals surface area contributed by atoms with Crippen molar-refractivity contribution >= 4 is 40.2 Å². The largest absolute Gasteiger partial charge is 0.382 e. The van der Waals surface area contributed by atoms with Gasteiger partial charge < -0.3 is 21.4 Å². The number of imidazole rings is 1. The van der Waals surface area contributed by atoms with Crippen LogP contribution in [-0.2, 0) is 16.1 Å². The maximum absolute atomic E-state index is 11.9. The number of thioether (sulfide) groups is 1. The fraction of sp³-hybridized carbons (Fsp3) is 0.579. The van der Waals surface area contributed by atoms with Crippen molar-refractivity contribution in [2.75, 3.05) is 18.8 Å². The van der Waals surface area contributed by atoms with Gasteiger partial charge in [-0.15, -0.1) is 0 Å². The van der Waals surface area contributed by atoms with Gasteiger partial charge in [0.25, 0.3) is 0 Å². The third-order valence-corrected chi connectivity index (χ3v) is 6.02. The van der Waals surface area contributed by atoms with E-state index >= 15 is 0 Å². The first-order valence-electron chi connectivity index (χ1n) is 9.45. The van der Waals surface area contributed by atoms with Crippen LogP contribution in [0.5, 0.6) is 0 Å². The average molecular weight is 405 g/mol. The summed E-state index contributed by atoms with van der Waals surface area (Å²) >= 11 is 1.45. The summed E-state index contributed by atoms with van der Waals surface area (Å²) in [4.78, 5) is 32.3. The number of nitrogen functional groups attached to an aromatic ring is 1. The molecule has 1 fully saturated rings. The topological polar surface area (TPSA) is 129 Å². The molecule has 152 valence electrons. The Morgan fingerprint density at radius 3 is 2.71 bits per heavy atom. The van der Waals surface area contributed by atoms with E-state index in [9.17, 15) is 9.59 Å². The van der Waals surface area contributed by atoms with E-state index in [2.05, 4.69) is 40.6 Å². The first kappa shape index (κ1) is 20.8. The first-order chi connectivity index (χ1) is 13.2. The van der Waals surface area contributed by atoms with Crippen LogP contribution in [0.25, 0.3) is 11.0 Å². The second-order valence-corrected chi connectivity index (χ2v) is 9.63. The number of aromatic nitrogens is 3. The molecule has 5 N–H and O–H groups in total. The number of nitrogens with one attached hydrogen (secondary N) is 1. The van der Waals surface area contributed by atoms with Crippen molar-refractivity contribution in [3.8, 4) is 0 Å². The molecule has 0 bridgehead atoms. The average Bonchev–Trinajstić information content (AvgIpc) is 2.95. The molecule has 9 heteroatoms. The van der Waals surface area contributed by atoms with Crippen molar-refractivity contribution in [2.45, 2.75) is 56.6 Å². The Hall–Kier alpha value is -1.97. The Morgan fingerprint density at radius 2 is 2.00 bits per heavy atom. The molecule has 2 aromatic rings. The minimum Gasteiger partial charge on any atom is -0.382 e. The molecule has 0 aliphatic heterocycles. The molecule has 1 saturated carbocycles. The van der Waals surface area contributed by atoms with Gasteiger partial charge in [-0.05, 0) is 11.5 Å². The zero-order valence-electron chi connectivity index (χ0n) is 16.6. The van der Waals surface area contributed by atoms with Crippen molar-refractivity contribution in [1.82, 2.24) is 19.9 Å². The molecule has 8 nitrogen and oxygen atoms in total. The van der Waals surface area contributed by atoms with Crippen LogP contribution in [-0.4, -0.2) is 50.5 Å². The predicted molar refractivity (Wildman–Crippen MR) is 111 cm³/mol. The van der Waals surface area contributed by atoms with Crippen LogP contribution in [0.15, 0.2) is 17.4 Å². The summed E-state index contributed by atoms with van der Waals surface area (Å²) < 4.78 is 2.08. The molecule has 2 unspecified atom stereocenters. The number of anilines is 1. The minimum atomic E-state index is -0.377. The second-order valence-electron chi connectivity index (χ2n) is 8.42. The molecule has 2 atom stereocenters. The van der Waals surface area contributed by atoms with E-state index in [0.717, 1.165) is 23.8 Å². The van der Waals surface area contributed by atoms with Gasteiger partial charge in [0.05, 0.1) is 5.52 Å². The Morgan fingerprint density at radius 1 is 1.29 bits per heavy atom. The van der Waals surface area contributed by atoms with Gasteiger partial charge in [-0.3, -0.25) is 9.59 Å². The van der Waals surface area contributed by atoms with Crippen LogP contribution in [0.4, 0.5) is 5.82 Å². The maximum Gasteiger partial charge on any atom is 0.200 e. The Kier molecular flexibility index (Phi) is 6.07. The number of hydrogen-bond donors (Lipinski definition) is 3. The van der Waals surface area contributed by atoms with Gasteiger partial charge in [0.1, 0.15) is 5.52 Å². The van der Waals surface area contributed by atoms with Crippen molar-refractivity contribution in [1.29, 1.82) is 0 Å². The van der Waals surface area contributed by atoms with Crippen LogP contribution < -0.4 is 16.8 Å². The van der Waals surface area contributed by atoms with Crippen LogP contribution in [0.3, 0.4) is 0 Å². The van der Waals surface area contributed by atoms with Crippen LogP contribution in [0.1, 0.15) is 33.6 Å². The molecule has 1 aliphatic carbocycles. The highest BCUT2D eigenvalue weighted by Crippen LogP contribution is 2.33. The van der Waals surface area contributed by atoms with Crippen LogP contribution in [0, 0.1) is 5.41 Å². The molecular formula is C19H28N6O2S. The predicted octanol–water partition coefficient (Wildman–Crippen LogP) is 1.37. The molecule has 3 rings (SSSR count). The summed E-state index contributed by atoms with van der Waals surface area (Å²) in [5.74, 6) is -0.354. The van der Waals surface area contributed by atoms with Crippen molar-refractivity contribution in [3.63, 3.8) is 0 Å². The maximum atomic E-state index is 11.9. The van der Waals surface area contributed by atoms with E-state index in [4.69, 9.17) is 11.5 Å². The number of ketones is 2. The van der Waals surface area contributed by atoms with Crippen molar-refractivity contribution in [3.05, 3.63) is 12.3 Å². The van der Waals surface area contributed by atoms with Crippen LogP contribution in [0.2, 0.25) is 0 Å². The number of carbonyl (C=O) groups is 2. The number of hydrogen-bond acceptors (Lipinski definition) is 8. The lowest BCUT2D eigenvalue weighted by atomic mass is 9.93. The van der Waals surface area contributed by atoms with Crippen LogP contribution >= 0.6 is 11.8 Å². The number of rotatable bonds is 6. The van der Waals surface area contributed by atoms with Gasteiger partial charge >= 0.3 is 0 Å². The molecule has 2 aromatic heterocycles. The van der Waals surface area contributed by atoms with Gasteiger partial charge in [-0.25, -0.2) is 9.97 Å². The van der Waals surface area contributed by atoms with Gasteiger partial charge in [0.15, 0.2) is 22.5 Å². The Bertz CT molecular complexity index is 888. The molecule has 1 aliphatic rings. The molecule has 0 spiro atoms. The Labute approximate surface area is 168 Å². The number of Topliss-reactive ketones (excluding diaryl/α,β-unsaturated/α-hetero) is 2. The number of fused-ring (bicyclic) bond motifs is 1. The number of nitrogens with zero attached hydrogens (tertiary/aromatic N) is 3. The van der Waals surface area contributed by atoms with Crippen molar-refractivity contribution in [2.24, 2.45) is 11.1 Å². The normalized spacial score (nSPS) is 20.9. The minimum absolute atomic E-state index is 0.0908. The number of pyridine rings is 1. The van der Waals surface area contributed by atoms with E-state index in [1.807, 2.05) is 6.07 Å². The molecule has 28 heavy (non-hydrogen) atoms. The highest BCUT2D eigenvalue weighted by Gasteiger charge is 2.34. The molecule has 0 saturated heterocycles. The number of carbonyl (C=O) groups excluding carboxylic acids is 2. The van der Waals surface area contributed by atoms with E-state index in [-0.39, 0.29) is 41.1 Å².